The molecule has 14 heavy (non-hydrogen) atoms. The molecule has 0 bridgehead atoms. The molecule has 0 saturated carbocycles. The molecule has 0 aromatic carbocycles. The quantitative estimate of drug-likeness (QED) is 0.466. The van der Waals surface area contributed by atoms with Crippen LogP contribution in [0.3, 0.4) is 0 Å². The van der Waals surface area contributed by atoms with Crippen LogP contribution in [0.25, 0.3) is 0 Å². The third kappa shape index (κ3) is 3.60. The Balaban J connectivity index is 4.49. The molecule has 0 aliphatic carbocycles. The third-order valence-electron chi connectivity index (χ3n) is 1.77. The Bertz CT molecular complexity index is 286. The van der Waals surface area contributed by atoms with Crippen molar-refractivity contribution in [1.82, 2.24) is 8.61 Å². The first kappa shape index (κ1) is 13.3. The number of hydrogen-bond donors (Lipinski definition) is 2. The minimum atomic E-state index is -3.37. The van der Waals surface area contributed by atoms with Gasteiger partial charge in [-0.1, -0.05) is 6.92 Å². The van der Waals surface area contributed by atoms with E-state index in [0.29, 0.717) is 6.54 Å². The van der Waals surface area contributed by atoms with Crippen molar-refractivity contribution in [2.45, 2.75) is 13.3 Å². The van der Waals surface area contributed by atoms with Crippen LogP contribution in [0.4, 0.5) is 0 Å². The first-order chi connectivity index (χ1) is 6.32. The van der Waals surface area contributed by atoms with E-state index >= 15 is 0 Å². The number of nitrogens with one attached hydrogen (secondary N) is 1. The van der Waals surface area contributed by atoms with E-state index in [0.717, 1.165) is 4.31 Å². The van der Waals surface area contributed by atoms with E-state index in [1.54, 1.807) is 6.92 Å². The third-order valence-corrected chi connectivity index (χ3v) is 3.79. The highest BCUT2D eigenvalue weighted by atomic mass is 32.2. The van der Waals surface area contributed by atoms with Gasteiger partial charge in [-0.05, 0) is 0 Å². The fraction of sp³-hybridized carbons (Fsp3) is 0.857. The van der Waals surface area contributed by atoms with Crippen LogP contribution in [0, 0.1) is 5.41 Å². The normalized spacial score (nSPS) is 12.4. The van der Waals surface area contributed by atoms with Crippen LogP contribution in [0.5, 0.6) is 0 Å². The topological polar surface area (TPSA) is 90.5 Å². The second kappa shape index (κ2) is 5.28. The molecule has 0 aliphatic heterocycles. The summed E-state index contributed by atoms with van der Waals surface area (Å²) in [5, 5.41) is 7.02. The zero-order chi connectivity index (χ0) is 11.4. The highest BCUT2D eigenvalue weighted by Crippen LogP contribution is 2.04. The molecule has 3 N–H and O–H groups in total. The highest BCUT2D eigenvalue weighted by Gasteiger charge is 2.22. The lowest BCUT2D eigenvalue weighted by Crippen LogP contribution is -2.41. The van der Waals surface area contributed by atoms with Crippen LogP contribution in [0.15, 0.2) is 0 Å². The molecule has 0 saturated heterocycles. The zero-order valence-corrected chi connectivity index (χ0v) is 9.63. The Hall–Kier alpha value is -0.660. The summed E-state index contributed by atoms with van der Waals surface area (Å²) < 4.78 is 25.7. The van der Waals surface area contributed by atoms with E-state index in [1.807, 2.05) is 0 Å². The molecule has 0 spiro atoms. The summed E-state index contributed by atoms with van der Waals surface area (Å²) in [6, 6.07) is 0. The lowest BCUT2D eigenvalue weighted by Gasteiger charge is -2.23. The summed E-state index contributed by atoms with van der Waals surface area (Å²) in [6.45, 7) is 2.39. The average Bonchev–Trinajstić information content (AvgIpc) is 2.04. The van der Waals surface area contributed by atoms with Crippen molar-refractivity contribution in [1.29, 1.82) is 5.41 Å². The SMILES string of the molecule is CCN(CCC(=N)N)S(=O)(=O)N(C)C. The van der Waals surface area contributed by atoms with Gasteiger partial charge in [0, 0.05) is 33.6 Å². The van der Waals surface area contributed by atoms with Crippen molar-refractivity contribution in [3.63, 3.8) is 0 Å². The van der Waals surface area contributed by atoms with Crippen LogP contribution < -0.4 is 5.73 Å². The molecule has 0 amide bonds. The van der Waals surface area contributed by atoms with Crippen LogP contribution in [-0.2, 0) is 10.2 Å². The molecule has 0 aromatic rings. The van der Waals surface area contributed by atoms with Gasteiger partial charge in [0.15, 0.2) is 0 Å². The molecule has 0 fully saturated rings. The van der Waals surface area contributed by atoms with Gasteiger partial charge in [0.1, 0.15) is 0 Å². The van der Waals surface area contributed by atoms with Crippen LogP contribution in [0.2, 0.25) is 0 Å². The van der Waals surface area contributed by atoms with Gasteiger partial charge in [-0.15, -0.1) is 0 Å². The lowest BCUT2D eigenvalue weighted by atomic mass is 10.4. The average molecular weight is 222 g/mol. The smallest absolute Gasteiger partial charge is 0.281 e. The van der Waals surface area contributed by atoms with E-state index < -0.39 is 10.2 Å². The Labute approximate surface area is 85.4 Å². The Kier molecular flexibility index (Phi) is 5.03. The summed E-state index contributed by atoms with van der Waals surface area (Å²) in [7, 11) is -0.414. The Morgan fingerprint density at radius 1 is 1.43 bits per heavy atom. The van der Waals surface area contributed by atoms with Crippen molar-refractivity contribution in [2.24, 2.45) is 5.73 Å². The summed E-state index contributed by atoms with van der Waals surface area (Å²) in [5.74, 6) is -0.00240. The minimum absolute atomic E-state index is 0.00240. The van der Waals surface area contributed by atoms with E-state index in [9.17, 15) is 8.42 Å². The van der Waals surface area contributed by atoms with Crippen molar-refractivity contribution >= 4 is 16.0 Å². The van der Waals surface area contributed by atoms with Crippen molar-refractivity contribution in [3.05, 3.63) is 0 Å². The predicted octanol–water partition coefficient (Wildman–Crippen LogP) is -0.559. The molecule has 7 heteroatoms. The van der Waals surface area contributed by atoms with Crippen LogP contribution >= 0.6 is 0 Å². The number of rotatable bonds is 6. The molecule has 6 nitrogen and oxygen atoms in total. The van der Waals surface area contributed by atoms with Gasteiger partial charge in [0.05, 0.1) is 5.84 Å². The molecule has 0 radical (unpaired) electrons. The molecule has 0 heterocycles. The van der Waals surface area contributed by atoms with Crippen molar-refractivity contribution in [3.8, 4) is 0 Å². The Morgan fingerprint density at radius 3 is 2.21 bits per heavy atom. The molecule has 0 aliphatic rings. The van der Waals surface area contributed by atoms with E-state index in [2.05, 4.69) is 0 Å². The monoisotopic (exact) mass is 222 g/mol. The van der Waals surface area contributed by atoms with E-state index in [1.165, 1.54) is 18.4 Å². The van der Waals surface area contributed by atoms with Gasteiger partial charge in [-0.2, -0.15) is 17.0 Å². The summed E-state index contributed by atoms with van der Waals surface area (Å²) in [5.41, 5.74) is 5.16. The second-order valence-corrected chi connectivity index (χ2v) is 5.20. The second-order valence-electron chi connectivity index (χ2n) is 3.06. The fourth-order valence-electron chi connectivity index (χ4n) is 0.913. The fourth-order valence-corrected chi connectivity index (χ4v) is 2.02. The van der Waals surface area contributed by atoms with Gasteiger partial charge in [-0.25, -0.2) is 0 Å². The number of nitrogens with zero attached hydrogens (tertiary/aromatic N) is 2. The van der Waals surface area contributed by atoms with Crippen molar-refractivity contribution < 1.29 is 8.42 Å². The van der Waals surface area contributed by atoms with Crippen molar-refractivity contribution in [2.75, 3.05) is 27.2 Å². The maximum Gasteiger partial charge on any atom is 0.281 e. The maximum absolute atomic E-state index is 11.6. The first-order valence-corrected chi connectivity index (χ1v) is 5.72. The molecule has 0 rings (SSSR count). The molecule has 0 atom stereocenters. The zero-order valence-electron chi connectivity index (χ0n) is 8.82. The number of amidine groups is 1. The van der Waals surface area contributed by atoms with E-state index in [-0.39, 0.29) is 18.8 Å². The summed E-state index contributed by atoms with van der Waals surface area (Å²) in [4.78, 5) is 0. The van der Waals surface area contributed by atoms with Gasteiger partial charge >= 0.3 is 0 Å². The number of nitrogens with two attached hydrogens (primary N) is 1. The molecule has 84 valence electrons. The van der Waals surface area contributed by atoms with Gasteiger partial charge < -0.3 is 5.73 Å². The summed E-state index contributed by atoms with van der Waals surface area (Å²) >= 11 is 0. The molecule has 0 unspecified atom stereocenters. The standard InChI is InChI=1S/C7H18N4O2S/c1-4-11(6-5-7(8)9)14(12,13)10(2)3/h4-6H2,1-3H3,(H3,8,9). The predicted molar refractivity (Wildman–Crippen MR) is 56.4 cm³/mol. The largest absolute Gasteiger partial charge is 0.388 e. The van der Waals surface area contributed by atoms with Crippen LogP contribution in [0.1, 0.15) is 13.3 Å². The van der Waals surface area contributed by atoms with Gasteiger partial charge in [0.25, 0.3) is 10.2 Å². The highest BCUT2D eigenvalue weighted by molar-refractivity contribution is 7.86. The lowest BCUT2D eigenvalue weighted by molar-refractivity contribution is 0.393. The summed E-state index contributed by atoms with van der Waals surface area (Å²) in [6.07, 6.45) is 0.265. The Morgan fingerprint density at radius 2 is 1.93 bits per heavy atom. The number of hydrogen-bond acceptors (Lipinski definition) is 3. The molecule has 0 aromatic heterocycles. The van der Waals surface area contributed by atoms with Gasteiger partial charge in [-0.3, -0.25) is 5.41 Å². The van der Waals surface area contributed by atoms with Gasteiger partial charge in [0.2, 0.25) is 0 Å². The van der Waals surface area contributed by atoms with E-state index in [4.69, 9.17) is 11.1 Å². The molecular formula is C7H18N4O2S. The minimum Gasteiger partial charge on any atom is -0.388 e. The maximum atomic E-state index is 11.6. The first-order valence-electron chi connectivity index (χ1n) is 4.32. The van der Waals surface area contributed by atoms with Crippen LogP contribution in [-0.4, -0.2) is 50.0 Å². The molecular weight excluding hydrogens is 204 g/mol.